The first kappa shape index (κ1) is 32.4. The van der Waals surface area contributed by atoms with E-state index in [9.17, 15) is 30.8 Å². The van der Waals surface area contributed by atoms with Gasteiger partial charge in [0.15, 0.2) is 11.6 Å². The molecular formula is C30H34F4N4O4S. The highest BCUT2D eigenvalue weighted by atomic mass is 32.2. The maximum Gasteiger partial charge on any atom is 0.242 e. The fourth-order valence-corrected chi connectivity index (χ4v) is 5.70. The molecule has 13 heteroatoms. The van der Waals surface area contributed by atoms with Crippen LogP contribution < -0.4 is 26.4 Å². The second kappa shape index (κ2) is 14.3. The number of para-hydroxylation sites is 1. The average Bonchev–Trinajstić information content (AvgIpc) is 2.93. The highest BCUT2D eigenvalue weighted by Gasteiger charge is 2.30. The Balaban J connectivity index is 1.43. The quantitative estimate of drug-likeness (QED) is 0.228. The summed E-state index contributed by atoms with van der Waals surface area (Å²) in [5.74, 6) is -4.96. The standard InChI is InChI=1S/C30H34F4N4O4S/c1-43(40,41)11-3-4-23-15-37-24(16-36-23)17-42-29-25(34)5-2-6-26(29)38-30(39)28(35)27(18-7-9-20(31)10-8-18)19-12-21(32)14-22(33)13-19/h2,5-10,12-14,23-24,27-28,36-37H,3-4,11,15-17,35H2,1H3,(H,38,39)/t23?,24?,27-,28-/m0/s1. The third kappa shape index (κ3) is 9.23. The molecule has 2 unspecified atom stereocenters. The second-order valence-electron chi connectivity index (χ2n) is 10.7. The maximum absolute atomic E-state index is 14.9. The van der Waals surface area contributed by atoms with Crippen LogP contribution in [0.25, 0.3) is 0 Å². The van der Waals surface area contributed by atoms with E-state index in [0.717, 1.165) is 24.3 Å². The van der Waals surface area contributed by atoms with Gasteiger partial charge in [-0.2, -0.15) is 0 Å². The van der Waals surface area contributed by atoms with E-state index in [1.807, 2.05) is 0 Å². The third-order valence-corrected chi connectivity index (χ3v) is 8.19. The Labute approximate surface area is 247 Å². The summed E-state index contributed by atoms with van der Waals surface area (Å²) in [7, 11) is -3.02. The molecule has 1 aliphatic rings. The normalized spacial score (nSPS) is 18.6. The minimum Gasteiger partial charge on any atom is -0.487 e. The molecule has 3 aromatic carbocycles. The van der Waals surface area contributed by atoms with E-state index in [1.165, 1.54) is 36.6 Å². The van der Waals surface area contributed by atoms with Gasteiger partial charge in [-0.3, -0.25) is 4.79 Å². The molecule has 3 aromatic rings. The molecule has 0 saturated carbocycles. The molecule has 1 aliphatic heterocycles. The van der Waals surface area contributed by atoms with Crippen molar-refractivity contribution >= 4 is 21.4 Å². The number of benzene rings is 3. The van der Waals surface area contributed by atoms with Gasteiger partial charge in [0.1, 0.15) is 33.9 Å². The number of piperazine rings is 1. The van der Waals surface area contributed by atoms with E-state index >= 15 is 0 Å². The number of carbonyl (C=O) groups is 1. The molecule has 0 bridgehead atoms. The number of hydrogen-bond donors (Lipinski definition) is 4. The molecule has 232 valence electrons. The Kier molecular flexibility index (Phi) is 10.8. The SMILES string of the molecule is CS(=O)(=O)CCCC1CNC(COc2c(F)cccc2NC(=O)[C@@H](N)[C@@H](c2ccc(F)cc2)c2cc(F)cc(F)c2)CN1. The minimum absolute atomic E-state index is 0.00569. The number of halogens is 4. The molecule has 8 nitrogen and oxygen atoms in total. The zero-order valence-electron chi connectivity index (χ0n) is 23.5. The molecule has 1 fully saturated rings. The van der Waals surface area contributed by atoms with Crippen LogP contribution in [0.2, 0.25) is 0 Å². The molecule has 0 spiro atoms. The molecule has 1 heterocycles. The van der Waals surface area contributed by atoms with Crippen LogP contribution in [-0.4, -0.2) is 64.2 Å². The number of sulfone groups is 1. The van der Waals surface area contributed by atoms with E-state index < -0.39 is 51.0 Å². The number of nitrogens with one attached hydrogen (secondary N) is 3. The molecule has 1 saturated heterocycles. The minimum atomic E-state index is -3.02. The molecule has 43 heavy (non-hydrogen) atoms. The van der Waals surface area contributed by atoms with Gasteiger partial charge in [-0.15, -0.1) is 0 Å². The van der Waals surface area contributed by atoms with Gasteiger partial charge in [0, 0.05) is 43.1 Å². The lowest BCUT2D eigenvalue weighted by molar-refractivity contribution is -0.117. The molecular weight excluding hydrogens is 588 g/mol. The van der Waals surface area contributed by atoms with Crippen molar-refractivity contribution < 1.29 is 35.5 Å². The van der Waals surface area contributed by atoms with Gasteiger partial charge >= 0.3 is 0 Å². The van der Waals surface area contributed by atoms with Crippen molar-refractivity contribution in [1.82, 2.24) is 10.6 Å². The van der Waals surface area contributed by atoms with Crippen LogP contribution in [0.3, 0.4) is 0 Å². The molecule has 0 aromatic heterocycles. The van der Waals surface area contributed by atoms with Gasteiger partial charge in [-0.25, -0.2) is 26.0 Å². The van der Waals surface area contributed by atoms with Crippen molar-refractivity contribution in [2.75, 3.05) is 37.0 Å². The molecule has 0 radical (unpaired) electrons. The van der Waals surface area contributed by atoms with Crippen molar-refractivity contribution in [2.24, 2.45) is 5.73 Å². The van der Waals surface area contributed by atoms with E-state index in [-0.39, 0.29) is 41.4 Å². The van der Waals surface area contributed by atoms with Crippen molar-refractivity contribution in [3.8, 4) is 5.75 Å². The Morgan fingerprint density at radius 3 is 2.23 bits per heavy atom. The first-order chi connectivity index (χ1) is 20.4. The fraction of sp³-hybridized carbons (Fsp3) is 0.367. The summed E-state index contributed by atoms with van der Waals surface area (Å²) in [4.78, 5) is 13.4. The third-order valence-electron chi connectivity index (χ3n) is 7.16. The van der Waals surface area contributed by atoms with Gasteiger partial charge < -0.3 is 26.4 Å². The molecule has 4 rings (SSSR count). The van der Waals surface area contributed by atoms with Crippen molar-refractivity contribution in [2.45, 2.75) is 36.9 Å². The second-order valence-corrected chi connectivity index (χ2v) is 12.9. The first-order valence-corrected chi connectivity index (χ1v) is 15.8. The van der Waals surface area contributed by atoms with Crippen LogP contribution >= 0.6 is 0 Å². The predicted octanol–water partition coefficient (Wildman–Crippen LogP) is 3.47. The van der Waals surface area contributed by atoms with E-state index in [1.54, 1.807) is 0 Å². The first-order valence-electron chi connectivity index (χ1n) is 13.7. The van der Waals surface area contributed by atoms with Gasteiger partial charge in [0.2, 0.25) is 5.91 Å². The Morgan fingerprint density at radius 2 is 1.60 bits per heavy atom. The van der Waals surface area contributed by atoms with E-state index in [2.05, 4.69) is 16.0 Å². The summed E-state index contributed by atoms with van der Waals surface area (Å²) in [5.41, 5.74) is 6.74. The predicted molar refractivity (Wildman–Crippen MR) is 156 cm³/mol. The van der Waals surface area contributed by atoms with E-state index in [0.29, 0.717) is 37.6 Å². The van der Waals surface area contributed by atoms with E-state index in [4.69, 9.17) is 10.5 Å². The molecule has 5 N–H and O–H groups in total. The number of carbonyl (C=O) groups excluding carboxylic acids is 1. The van der Waals surface area contributed by atoms with Crippen molar-refractivity contribution in [1.29, 1.82) is 0 Å². The summed E-state index contributed by atoms with van der Waals surface area (Å²) < 4.78 is 85.1. The monoisotopic (exact) mass is 622 g/mol. The van der Waals surface area contributed by atoms with Crippen LogP contribution in [0, 0.1) is 23.3 Å². The fourth-order valence-electron chi connectivity index (χ4n) is 5.01. The van der Waals surface area contributed by atoms with Crippen LogP contribution in [0.1, 0.15) is 29.9 Å². The summed E-state index contributed by atoms with van der Waals surface area (Å²) in [6, 6.07) is 10.3. The van der Waals surface area contributed by atoms with Gasteiger partial charge in [0.25, 0.3) is 0 Å². The van der Waals surface area contributed by atoms with Crippen LogP contribution in [0.5, 0.6) is 5.75 Å². The maximum atomic E-state index is 14.9. The molecule has 4 atom stereocenters. The van der Waals surface area contributed by atoms with Gasteiger partial charge in [0.05, 0.1) is 17.8 Å². The molecule has 0 aliphatic carbocycles. The largest absolute Gasteiger partial charge is 0.487 e. The smallest absolute Gasteiger partial charge is 0.242 e. The number of ether oxygens (including phenoxy) is 1. The summed E-state index contributed by atoms with van der Waals surface area (Å²) >= 11 is 0. The lowest BCUT2D eigenvalue weighted by atomic mass is 9.84. The van der Waals surface area contributed by atoms with Gasteiger partial charge in [-0.1, -0.05) is 18.2 Å². The highest BCUT2D eigenvalue weighted by molar-refractivity contribution is 7.90. The number of nitrogens with two attached hydrogens (primary N) is 1. The Hall–Kier alpha value is -3.52. The zero-order valence-corrected chi connectivity index (χ0v) is 24.3. The summed E-state index contributed by atoms with van der Waals surface area (Å²) in [6.45, 7) is 1.12. The lowest BCUT2D eigenvalue weighted by Crippen LogP contribution is -2.56. The number of rotatable bonds is 12. The zero-order chi connectivity index (χ0) is 31.1. The summed E-state index contributed by atoms with van der Waals surface area (Å²) in [5, 5.41) is 9.19. The van der Waals surface area contributed by atoms with Gasteiger partial charge in [-0.05, 0) is 60.4 Å². The topological polar surface area (TPSA) is 123 Å². The highest BCUT2D eigenvalue weighted by Crippen LogP contribution is 2.32. The van der Waals surface area contributed by atoms with Crippen LogP contribution in [0.15, 0.2) is 60.7 Å². The van der Waals surface area contributed by atoms with Crippen LogP contribution in [-0.2, 0) is 14.6 Å². The summed E-state index contributed by atoms with van der Waals surface area (Å²) in [6.07, 6.45) is 2.42. The number of anilines is 1. The average molecular weight is 623 g/mol. The lowest BCUT2D eigenvalue weighted by Gasteiger charge is -2.31. The van der Waals surface area contributed by atoms with Crippen LogP contribution in [0.4, 0.5) is 23.2 Å². The Morgan fingerprint density at radius 1 is 0.953 bits per heavy atom. The van der Waals surface area contributed by atoms with Crippen molar-refractivity contribution in [3.63, 3.8) is 0 Å². The number of hydrogen-bond acceptors (Lipinski definition) is 7. The Bertz CT molecular complexity index is 1500. The number of amides is 1. The van der Waals surface area contributed by atoms with Crippen molar-refractivity contribution in [3.05, 3.63) is 95.1 Å². The molecule has 1 amide bonds.